The summed E-state index contributed by atoms with van der Waals surface area (Å²) in [5, 5.41) is 0. The maximum atomic E-state index is 5.86. The van der Waals surface area contributed by atoms with Crippen LogP contribution in [0.15, 0.2) is 12.1 Å². The molecule has 2 aliphatic heterocycles. The Morgan fingerprint density at radius 2 is 1.91 bits per heavy atom. The lowest BCUT2D eigenvalue weighted by atomic mass is 9.96. The molecule has 4 nitrogen and oxygen atoms in total. The highest BCUT2D eigenvalue weighted by atomic mass is 16.5. The second-order valence-corrected chi connectivity index (χ2v) is 7.55. The summed E-state index contributed by atoms with van der Waals surface area (Å²) in [5.41, 5.74) is 9.84. The molecule has 2 saturated heterocycles. The lowest BCUT2D eigenvalue weighted by molar-refractivity contribution is 0.113. The van der Waals surface area contributed by atoms with Crippen LogP contribution in [0.4, 0.5) is 0 Å². The number of fused-ring (bicyclic) bond motifs is 2. The van der Waals surface area contributed by atoms with Crippen LogP contribution in [0.25, 0.3) is 0 Å². The van der Waals surface area contributed by atoms with Crippen LogP contribution < -0.4 is 10.5 Å². The van der Waals surface area contributed by atoms with Gasteiger partial charge >= 0.3 is 0 Å². The number of likely N-dealkylation sites (tertiary alicyclic amines) is 2. The highest BCUT2D eigenvalue weighted by Gasteiger charge is 2.43. The van der Waals surface area contributed by atoms with Crippen LogP contribution in [-0.4, -0.2) is 54.7 Å². The van der Waals surface area contributed by atoms with Crippen LogP contribution in [0, 0.1) is 13.8 Å². The van der Waals surface area contributed by atoms with Crippen molar-refractivity contribution in [3.05, 3.63) is 28.8 Å². The quantitative estimate of drug-likeness (QED) is 0.906. The summed E-state index contributed by atoms with van der Waals surface area (Å²) in [6.07, 6.45) is 1.33. The standard InChI is InChI=1S/C19H31N3O/c1-12(20)11-23-19-7-6-18(13(2)14(19)3)15(4)22-10-16-8-17(22)9-21(16)5/h6-7,12,15-17H,8-11,20H2,1-5H3/t12?,15-,16?,17?/m0/s1. The Labute approximate surface area is 140 Å². The minimum absolute atomic E-state index is 0.0606. The van der Waals surface area contributed by atoms with E-state index < -0.39 is 0 Å². The number of likely N-dealkylation sites (N-methyl/N-ethyl adjacent to an activating group) is 1. The van der Waals surface area contributed by atoms with Gasteiger partial charge in [0.15, 0.2) is 0 Å². The van der Waals surface area contributed by atoms with E-state index >= 15 is 0 Å². The molecule has 2 aliphatic rings. The van der Waals surface area contributed by atoms with Gasteiger partial charge in [-0.15, -0.1) is 0 Å². The third-order valence-corrected chi connectivity index (χ3v) is 5.79. The van der Waals surface area contributed by atoms with E-state index in [2.05, 4.69) is 49.8 Å². The number of nitrogens with two attached hydrogens (primary N) is 1. The highest BCUT2D eigenvalue weighted by molar-refractivity contribution is 5.45. The number of ether oxygens (including phenoxy) is 1. The fourth-order valence-corrected chi connectivity index (χ4v) is 4.20. The Hall–Kier alpha value is -1.10. The maximum Gasteiger partial charge on any atom is 0.122 e. The lowest BCUT2D eigenvalue weighted by Crippen LogP contribution is -2.45. The third-order valence-electron chi connectivity index (χ3n) is 5.79. The Kier molecular flexibility index (Phi) is 4.68. The molecule has 3 rings (SSSR count). The van der Waals surface area contributed by atoms with Crippen molar-refractivity contribution in [1.29, 1.82) is 0 Å². The van der Waals surface area contributed by atoms with Crippen molar-refractivity contribution < 1.29 is 4.74 Å². The summed E-state index contributed by atoms with van der Waals surface area (Å²) in [4.78, 5) is 5.20. The zero-order chi connectivity index (χ0) is 16.7. The van der Waals surface area contributed by atoms with Gasteiger partial charge in [-0.05, 0) is 63.9 Å². The molecule has 0 aromatic heterocycles. The van der Waals surface area contributed by atoms with Crippen LogP contribution in [0.1, 0.15) is 43.0 Å². The summed E-state index contributed by atoms with van der Waals surface area (Å²) in [6.45, 7) is 11.7. The predicted molar refractivity (Wildman–Crippen MR) is 95.0 cm³/mol. The van der Waals surface area contributed by atoms with E-state index in [4.69, 9.17) is 10.5 Å². The van der Waals surface area contributed by atoms with Gasteiger partial charge in [-0.3, -0.25) is 4.90 Å². The molecule has 1 aromatic carbocycles. The minimum Gasteiger partial charge on any atom is -0.492 e. The van der Waals surface area contributed by atoms with Crippen molar-refractivity contribution in [2.75, 3.05) is 26.7 Å². The molecule has 2 heterocycles. The zero-order valence-corrected chi connectivity index (χ0v) is 15.2. The Bertz CT molecular complexity index is 570. The molecule has 23 heavy (non-hydrogen) atoms. The monoisotopic (exact) mass is 317 g/mol. The van der Waals surface area contributed by atoms with Crippen molar-refractivity contribution in [2.24, 2.45) is 5.73 Å². The first-order valence-corrected chi connectivity index (χ1v) is 8.83. The molecule has 2 bridgehead atoms. The Morgan fingerprint density at radius 3 is 2.48 bits per heavy atom. The molecular weight excluding hydrogens is 286 g/mol. The van der Waals surface area contributed by atoms with Gasteiger partial charge in [0.05, 0.1) is 0 Å². The fourth-order valence-electron chi connectivity index (χ4n) is 4.20. The van der Waals surface area contributed by atoms with Gasteiger partial charge in [0.1, 0.15) is 12.4 Å². The van der Waals surface area contributed by atoms with Crippen molar-refractivity contribution in [1.82, 2.24) is 9.80 Å². The first-order chi connectivity index (χ1) is 10.9. The molecule has 1 aromatic rings. The van der Waals surface area contributed by atoms with E-state index in [0.29, 0.717) is 18.7 Å². The summed E-state index contributed by atoms with van der Waals surface area (Å²) in [7, 11) is 2.26. The van der Waals surface area contributed by atoms with E-state index in [-0.39, 0.29) is 6.04 Å². The molecule has 2 N–H and O–H groups in total. The zero-order valence-electron chi connectivity index (χ0n) is 15.2. The number of hydrogen-bond acceptors (Lipinski definition) is 4. The van der Waals surface area contributed by atoms with E-state index in [9.17, 15) is 0 Å². The van der Waals surface area contributed by atoms with Crippen molar-refractivity contribution in [2.45, 2.75) is 58.3 Å². The van der Waals surface area contributed by atoms with E-state index in [1.54, 1.807) is 0 Å². The van der Waals surface area contributed by atoms with Gasteiger partial charge in [-0.25, -0.2) is 0 Å². The minimum atomic E-state index is 0.0606. The summed E-state index contributed by atoms with van der Waals surface area (Å²) in [5.74, 6) is 0.971. The van der Waals surface area contributed by atoms with Crippen LogP contribution in [0.3, 0.4) is 0 Å². The first-order valence-electron chi connectivity index (χ1n) is 8.83. The smallest absolute Gasteiger partial charge is 0.122 e. The number of rotatable bonds is 5. The SMILES string of the molecule is Cc1c(OCC(C)N)ccc([C@H](C)N2CC3CC2CN3C)c1C. The second-order valence-electron chi connectivity index (χ2n) is 7.55. The van der Waals surface area contributed by atoms with Gasteiger partial charge in [0, 0.05) is 37.3 Å². The third kappa shape index (κ3) is 3.12. The van der Waals surface area contributed by atoms with Crippen molar-refractivity contribution in [3.63, 3.8) is 0 Å². The molecule has 4 atom stereocenters. The van der Waals surface area contributed by atoms with Crippen LogP contribution in [-0.2, 0) is 0 Å². The molecule has 0 spiro atoms. The van der Waals surface area contributed by atoms with E-state index in [0.717, 1.165) is 11.8 Å². The molecule has 128 valence electrons. The molecule has 4 heteroatoms. The first kappa shape index (κ1) is 16.7. The van der Waals surface area contributed by atoms with Gasteiger partial charge < -0.3 is 15.4 Å². The van der Waals surface area contributed by atoms with Crippen LogP contribution in [0.5, 0.6) is 5.75 Å². The molecule has 0 radical (unpaired) electrons. The van der Waals surface area contributed by atoms with E-state index in [1.807, 2.05) is 6.92 Å². The van der Waals surface area contributed by atoms with Crippen molar-refractivity contribution >= 4 is 0 Å². The number of hydrogen-bond donors (Lipinski definition) is 1. The number of benzene rings is 1. The van der Waals surface area contributed by atoms with Gasteiger partial charge in [-0.1, -0.05) is 6.07 Å². The number of piperazine rings is 1. The topological polar surface area (TPSA) is 41.7 Å². The summed E-state index contributed by atoms with van der Waals surface area (Å²) < 4.78 is 5.86. The molecule has 0 saturated carbocycles. The summed E-state index contributed by atoms with van der Waals surface area (Å²) >= 11 is 0. The van der Waals surface area contributed by atoms with Gasteiger partial charge in [-0.2, -0.15) is 0 Å². The van der Waals surface area contributed by atoms with E-state index in [1.165, 1.54) is 36.2 Å². The molecule has 2 fully saturated rings. The average Bonchev–Trinajstić information content (AvgIpc) is 3.07. The van der Waals surface area contributed by atoms with Crippen LogP contribution in [0.2, 0.25) is 0 Å². The second kappa shape index (κ2) is 6.42. The van der Waals surface area contributed by atoms with Gasteiger partial charge in [0.2, 0.25) is 0 Å². The van der Waals surface area contributed by atoms with Crippen LogP contribution >= 0.6 is 0 Å². The maximum absolute atomic E-state index is 5.86. The number of nitrogens with zero attached hydrogens (tertiary/aromatic N) is 2. The lowest BCUT2D eigenvalue weighted by Gasteiger charge is -2.37. The predicted octanol–water partition coefficient (Wildman–Crippen LogP) is 2.48. The summed E-state index contributed by atoms with van der Waals surface area (Å²) in [6, 6.07) is 6.37. The molecule has 0 amide bonds. The van der Waals surface area contributed by atoms with Crippen molar-refractivity contribution in [3.8, 4) is 5.75 Å². The molecule has 3 unspecified atom stereocenters. The average molecular weight is 317 g/mol. The normalized spacial score (nSPS) is 27.4. The Morgan fingerprint density at radius 1 is 1.17 bits per heavy atom. The fraction of sp³-hybridized carbons (Fsp3) is 0.684. The Balaban J connectivity index is 1.77. The highest BCUT2D eigenvalue weighted by Crippen LogP contribution is 2.38. The van der Waals surface area contributed by atoms with Gasteiger partial charge in [0.25, 0.3) is 0 Å². The molecular formula is C19H31N3O. The largest absolute Gasteiger partial charge is 0.492 e. The molecule has 0 aliphatic carbocycles.